The number of aromatic nitrogens is 2. The Morgan fingerprint density at radius 1 is 1.03 bits per heavy atom. The zero-order chi connectivity index (χ0) is 21.3. The lowest BCUT2D eigenvalue weighted by Crippen LogP contribution is -2.30. The van der Waals surface area contributed by atoms with Gasteiger partial charge in [-0.25, -0.2) is 18.2 Å². The van der Waals surface area contributed by atoms with Crippen LogP contribution in [0.3, 0.4) is 0 Å². The molecular formula is C23H27N3O3S. The highest BCUT2D eigenvalue weighted by Crippen LogP contribution is 2.32. The van der Waals surface area contributed by atoms with E-state index >= 15 is 0 Å². The van der Waals surface area contributed by atoms with Crippen molar-refractivity contribution in [3.8, 4) is 11.3 Å². The third-order valence-corrected chi connectivity index (χ3v) is 6.81. The quantitative estimate of drug-likeness (QED) is 0.675. The van der Waals surface area contributed by atoms with E-state index in [4.69, 9.17) is 10.2 Å². The van der Waals surface area contributed by atoms with Crippen molar-refractivity contribution >= 4 is 20.8 Å². The number of sulfonamides is 1. The molecule has 0 amide bonds. The molecule has 1 aliphatic rings. The number of hydrogen-bond acceptors (Lipinski definition) is 4. The van der Waals surface area contributed by atoms with E-state index < -0.39 is 10.0 Å². The Kier molecular flexibility index (Phi) is 5.75. The van der Waals surface area contributed by atoms with E-state index in [0.29, 0.717) is 17.7 Å². The second kappa shape index (κ2) is 8.32. The average Bonchev–Trinajstić information content (AvgIpc) is 2.73. The molecule has 0 saturated heterocycles. The van der Waals surface area contributed by atoms with E-state index in [-0.39, 0.29) is 17.4 Å². The lowest BCUT2D eigenvalue weighted by Gasteiger charge is -2.27. The standard InChI is InChI=1S/C23H27N3O3S/c1-16-9-11-19(12-10-16)26-23(27)21-8-3-2-7-20(21)22(25-26)18-6-4-5-17(15-18)13-14-30(24,28)29/h2-8,15-16,19H,9-14H2,1H3,(H2,24,28,29). The number of rotatable bonds is 5. The van der Waals surface area contributed by atoms with Crippen molar-refractivity contribution < 1.29 is 8.42 Å². The minimum Gasteiger partial charge on any atom is -0.267 e. The predicted molar refractivity (Wildman–Crippen MR) is 120 cm³/mol. The zero-order valence-electron chi connectivity index (χ0n) is 17.1. The first-order chi connectivity index (χ1) is 14.3. The first kappa shape index (κ1) is 20.8. The molecule has 0 atom stereocenters. The molecule has 4 rings (SSSR count). The van der Waals surface area contributed by atoms with E-state index in [9.17, 15) is 13.2 Å². The Morgan fingerprint density at radius 3 is 2.43 bits per heavy atom. The topological polar surface area (TPSA) is 95.1 Å². The molecule has 1 aromatic heterocycles. The van der Waals surface area contributed by atoms with Crippen LogP contribution in [-0.2, 0) is 16.4 Å². The Balaban J connectivity index is 1.81. The second-order valence-electron chi connectivity index (χ2n) is 8.37. The largest absolute Gasteiger partial charge is 0.274 e. The van der Waals surface area contributed by atoms with E-state index in [2.05, 4.69) is 6.92 Å². The van der Waals surface area contributed by atoms with Gasteiger partial charge in [-0.2, -0.15) is 5.10 Å². The summed E-state index contributed by atoms with van der Waals surface area (Å²) >= 11 is 0. The van der Waals surface area contributed by atoms with Crippen molar-refractivity contribution in [2.45, 2.75) is 45.1 Å². The van der Waals surface area contributed by atoms with Crippen molar-refractivity contribution in [1.82, 2.24) is 9.78 Å². The number of primary sulfonamides is 1. The van der Waals surface area contributed by atoms with Crippen molar-refractivity contribution in [1.29, 1.82) is 0 Å². The Morgan fingerprint density at radius 2 is 1.73 bits per heavy atom. The number of hydrogen-bond donors (Lipinski definition) is 1. The summed E-state index contributed by atoms with van der Waals surface area (Å²) in [5.41, 5.74) is 2.45. The van der Waals surface area contributed by atoms with Crippen molar-refractivity contribution in [3.05, 3.63) is 64.4 Å². The maximum Gasteiger partial charge on any atom is 0.274 e. The fraction of sp³-hybridized carbons (Fsp3) is 0.391. The van der Waals surface area contributed by atoms with Crippen molar-refractivity contribution in [2.75, 3.05) is 5.75 Å². The van der Waals surface area contributed by atoms with Gasteiger partial charge in [0.25, 0.3) is 5.56 Å². The molecule has 0 unspecified atom stereocenters. The van der Waals surface area contributed by atoms with Gasteiger partial charge >= 0.3 is 0 Å². The molecule has 0 bridgehead atoms. The predicted octanol–water partition coefficient (Wildman–Crippen LogP) is 3.65. The van der Waals surface area contributed by atoms with E-state index in [1.54, 1.807) is 4.68 Å². The zero-order valence-corrected chi connectivity index (χ0v) is 17.9. The summed E-state index contributed by atoms with van der Waals surface area (Å²) < 4.78 is 24.4. The van der Waals surface area contributed by atoms with Crippen LogP contribution in [0.2, 0.25) is 0 Å². The first-order valence-electron chi connectivity index (χ1n) is 10.4. The Bertz CT molecular complexity index is 1230. The van der Waals surface area contributed by atoms with Crippen LogP contribution >= 0.6 is 0 Å². The molecule has 1 aliphatic carbocycles. The first-order valence-corrected chi connectivity index (χ1v) is 12.1. The minimum atomic E-state index is -3.53. The van der Waals surface area contributed by atoms with Crippen molar-refractivity contribution in [2.24, 2.45) is 11.1 Å². The molecule has 0 radical (unpaired) electrons. The highest BCUT2D eigenvalue weighted by molar-refractivity contribution is 7.89. The highest BCUT2D eigenvalue weighted by Gasteiger charge is 2.23. The monoisotopic (exact) mass is 425 g/mol. The molecule has 2 aromatic carbocycles. The van der Waals surface area contributed by atoms with Gasteiger partial charge in [0.2, 0.25) is 10.0 Å². The fourth-order valence-electron chi connectivity index (χ4n) is 4.29. The molecule has 30 heavy (non-hydrogen) atoms. The van der Waals surface area contributed by atoms with Crippen LogP contribution in [0.15, 0.2) is 53.3 Å². The minimum absolute atomic E-state index is 0.0423. The molecule has 6 nitrogen and oxygen atoms in total. The molecule has 1 saturated carbocycles. The molecule has 1 fully saturated rings. The lowest BCUT2D eigenvalue weighted by molar-refractivity contribution is 0.268. The summed E-state index contributed by atoms with van der Waals surface area (Å²) in [7, 11) is -3.53. The van der Waals surface area contributed by atoms with Crippen LogP contribution in [0, 0.1) is 5.92 Å². The van der Waals surface area contributed by atoms with Crippen LogP contribution in [0.1, 0.15) is 44.2 Å². The Labute approximate surface area is 176 Å². The summed E-state index contributed by atoms with van der Waals surface area (Å²) in [5.74, 6) is 0.581. The van der Waals surface area contributed by atoms with Crippen molar-refractivity contribution in [3.63, 3.8) is 0 Å². The molecule has 3 aromatic rings. The molecule has 158 valence electrons. The SMILES string of the molecule is CC1CCC(n2nc(-c3cccc(CCS(N)(=O)=O)c3)c3ccccc3c2=O)CC1. The number of nitrogens with zero attached hydrogens (tertiary/aromatic N) is 2. The van der Waals surface area contributed by atoms with Crippen LogP contribution in [-0.4, -0.2) is 24.0 Å². The number of aryl methyl sites for hydroxylation is 1. The fourth-order valence-corrected chi connectivity index (χ4v) is 4.81. The van der Waals surface area contributed by atoms with Gasteiger partial charge in [0.15, 0.2) is 0 Å². The van der Waals surface area contributed by atoms with Gasteiger partial charge in [0.1, 0.15) is 0 Å². The third-order valence-electron chi connectivity index (χ3n) is 6.04. The number of fused-ring (bicyclic) bond motifs is 1. The highest BCUT2D eigenvalue weighted by atomic mass is 32.2. The summed E-state index contributed by atoms with van der Waals surface area (Å²) in [5, 5.41) is 11.5. The number of benzene rings is 2. The molecule has 0 spiro atoms. The van der Waals surface area contributed by atoms with Gasteiger partial charge < -0.3 is 0 Å². The summed E-state index contributed by atoms with van der Waals surface area (Å²) in [6, 6.07) is 15.3. The molecule has 1 heterocycles. The second-order valence-corrected chi connectivity index (χ2v) is 10.1. The Hall–Kier alpha value is -2.51. The smallest absolute Gasteiger partial charge is 0.267 e. The maximum atomic E-state index is 13.2. The van der Waals surface area contributed by atoms with E-state index in [1.807, 2.05) is 48.5 Å². The number of nitrogens with two attached hydrogens (primary N) is 1. The van der Waals surface area contributed by atoms with Gasteiger partial charge in [0, 0.05) is 10.9 Å². The maximum absolute atomic E-state index is 13.2. The third kappa shape index (κ3) is 4.47. The van der Waals surface area contributed by atoms with Gasteiger partial charge in [-0.05, 0) is 55.7 Å². The summed E-state index contributed by atoms with van der Waals surface area (Å²) in [4.78, 5) is 13.2. The molecule has 7 heteroatoms. The van der Waals surface area contributed by atoms with Gasteiger partial charge in [-0.1, -0.05) is 43.3 Å². The van der Waals surface area contributed by atoms with Crippen LogP contribution in [0.5, 0.6) is 0 Å². The van der Waals surface area contributed by atoms with E-state index in [1.165, 1.54) is 0 Å². The van der Waals surface area contributed by atoms with E-state index in [0.717, 1.165) is 47.9 Å². The van der Waals surface area contributed by atoms with Gasteiger partial charge in [-0.3, -0.25) is 4.79 Å². The lowest BCUT2D eigenvalue weighted by atomic mass is 9.87. The molecule has 2 N–H and O–H groups in total. The molecule has 0 aliphatic heterocycles. The van der Waals surface area contributed by atoms with Crippen LogP contribution < -0.4 is 10.7 Å². The average molecular weight is 426 g/mol. The van der Waals surface area contributed by atoms with Crippen LogP contribution in [0.4, 0.5) is 0 Å². The van der Waals surface area contributed by atoms with Gasteiger partial charge in [0.05, 0.1) is 22.9 Å². The molecular weight excluding hydrogens is 398 g/mol. The van der Waals surface area contributed by atoms with Crippen LogP contribution in [0.25, 0.3) is 22.0 Å². The van der Waals surface area contributed by atoms with Gasteiger partial charge in [-0.15, -0.1) is 0 Å². The normalized spacial score (nSPS) is 19.8. The summed E-state index contributed by atoms with van der Waals surface area (Å²) in [6.07, 6.45) is 4.46. The summed E-state index contributed by atoms with van der Waals surface area (Å²) in [6.45, 7) is 2.26.